The molecule has 0 aliphatic carbocycles. The Morgan fingerprint density at radius 2 is 2.29 bits per heavy atom. The fourth-order valence-corrected chi connectivity index (χ4v) is 2.38. The van der Waals surface area contributed by atoms with Crippen LogP contribution in [0.3, 0.4) is 0 Å². The van der Waals surface area contributed by atoms with E-state index in [2.05, 4.69) is 10.1 Å². The lowest BCUT2D eigenvalue weighted by atomic mass is 9.96. The van der Waals surface area contributed by atoms with Crippen LogP contribution >= 0.6 is 0 Å². The highest BCUT2D eigenvalue weighted by Gasteiger charge is 2.25. The highest BCUT2D eigenvalue weighted by atomic mass is 16.5. The van der Waals surface area contributed by atoms with Crippen LogP contribution in [0.15, 0.2) is 28.8 Å². The van der Waals surface area contributed by atoms with Crippen LogP contribution in [-0.4, -0.2) is 36.2 Å². The van der Waals surface area contributed by atoms with Crippen molar-refractivity contribution >= 4 is 5.78 Å². The van der Waals surface area contributed by atoms with E-state index in [9.17, 15) is 4.79 Å². The molecule has 21 heavy (non-hydrogen) atoms. The van der Waals surface area contributed by atoms with Crippen molar-refractivity contribution in [1.29, 1.82) is 0 Å². The number of aromatic nitrogens is 2. The van der Waals surface area contributed by atoms with Gasteiger partial charge in [-0.2, -0.15) is 4.98 Å². The summed E-state index contributed by atoms with van der Waals surface area (Å²) in [6.45, 7) is 0.569. The number of fused-ring (bicyclic) bond motifs is 1. The van der Waals surface area contributed by atoms with Crippen LogP contribution in [0.1, 0.15) is 23.2 Å². The summed E-state index contributed by atoms with van der Waals surface area (Å²) < 4.78 is 15.6. The van der Waals surface area contributed by atoms with Crippen molar-refractivity contribution in [2.24, 2.45) is 0 Å². The monoisotopic (exact) mass is 288 g/mol. The van der Waals surface area contributed by atoms with Gasteiger partial charge in [0.1, 0.15) is 12.4 Å². The van der Waals surface area contributed by atoms with Gasteiger partial charge < -0.3 is 14.0 Å². The number of hydrogen-bond donors (Lipinski definition) is 0. The molecule has 110 valence electrons. The number of ketones is 1. The molecular weight excluding hydrogens is 272 g/mol. The second kappa shape index (κ2) is 6.05. The van der Waals surface area contributed by atoms with Crippen LogP contribution in [0.4, 0.5) is 0 Å². The maximum absolute atomic E-state index is 11.5. The Bertz CT molecular complexity index is 638. The van der Waals surface area contributed by atoms with Crippen molar-refractivity contribution in [3.63, 3.8) is 0 Å². The summed E-state index contributed by atoms with van der Waals surface area (Å²) in [5.41, 5.74) is 1.13. The standard InChI is InChI=1S/C15H16N2O4/c1-19-9-12(18)7-14-16-15(17-21-14)11-6-10-4-2-3-5-13(10)20-8-11/h2-5,11H,6-9H2,1H3. The maximum atomic E-state index is 11.5. The summed E-state index contributed by atoms with van der Waals surface area (Å²) in [6.07, 6.45) is 0.909. The van der Waals surface area contributed by atoms with E-state index in [1.165, 1.54) is 7.11 Å². The molecule has 1 aliphatic rings. The molecule has 1 atom stereocenters. The maximum Gasteiger partial charge on any atom is 0.234 e. The predicted octanol–water partition coefficient (Wildman–Crippen LogP) is 1.55. The molecule has 2 aromatic rings. The highest BCUT2D eigenvalue weighted by molar-refractivity contribution is 5.81. The third-order valence-electron chi connectivity index (χ3n) is 3.38. The van der Waals surface area contributed by atoms with Crippen molar-refractivity contribution in [2.45, 2.75) is 18.8 Å². The molecule has 0 radical (unpaired) electrons. The SMILES string of the molecule is COCC(=O)Cc1nc(C2COc3ccccc3C2)no1. The zero-order valence-corrected chi connectivity index (χ0v) is 11.7. The smallest absolute Gasteiger partial charge is 0.234 e. The summed E-state index contributed by atoms with van der Waals surface area (Å²) in [7, 11) is 1.48. The lowest BCUT2D eigenvalue weighted by Crippen LogP contribution is -2.20. The van der Waals surface area contributed by atoms with E-state index in [1.807, 2.05) is 24.3 Å². The van der Waals surface area contributed by atoms with Crippen LogP contribution < -0.4 is 4.74 Å². The number of benzene rings is 1. The third kappa shape index (κ3) is 3.11. The molecule has 0 spiro atoms. The Hall–Kier alpha value is -2.21. The van der Waals surface area contributed by atoms with Crippen molar-refractivity contribution in [2.75, 3.05) is 20.3 Å². The van der Waals surface area contributed by atoms with E-state index in [0.29, 0.717) is 18.3 Å². The number of Topliss-reactive ketones (excluding diaryl/α,β-unsaturated/α-hetero) is 1. The van der Waals surface area contributed by atoms with Gasteiger partial charge in [-0.05, 0) is 18.1 Å². The van der Waals surface area contributed by atoms with E-state index in [1.54, 1.807) is 0 Å². The summed E-state index contributed by atoms with van der Waals surface area (Å²) in [5, 5.41) is 3.97. The molecule has 0 amide bonds. The van der Waals surface area contributed by atoms with Crippen molar-refractivity contribution in [3.05, 3.63) is 41.5 Å². The number of ether oxygens (including phenoxy) is 2. The second-order valence-electron chi connectivity index (χ2n) is 5.01. The zero-order chi connectivity index (χ0) is 14.7. The first-order valence-electron chi connectivity index (χ1n) is 6.80. The fourth-order valence-electron chi connectivity index (χ4n) is 2.38. The number of rotatable bonds is 5. The van der Waals surface area contributed by atoms with Gasteiger partial charge in [-0.25, -0.2) is 0 Å². The van der Waals surface area contributed by atoms with E-state index < -0.39 is 0 Å². The molecule has 1 aromatic carbocycles. The van der Waals surface area contributed by atoms with Crippen molar-refractivity contribution < 1.29 is 18.8 Å². The van der Waals surface area contributed by atoms with Gasteiger partial charge in [0.05, 0.1) is 18.9 Å². The zero-order valence-electron chi connectivity index (χ0n) is 11.7. The Morgan fingerprint density at radius 1 is 1.43 bits per heavy atom. The van der Waals surface area contributed by atoms with Gasteiger partial charge in [0.2, 0.25) is 5.89 Å². The number of carbonyl (C=O) groups is 1. The highest BCUT2D eigenvalue weighted by Crippen LogP contribution is 2.30. The number of methoxy groups -OCH3 is 1. The fraction of sp³-hybridized carbons (Fsp3) is 0.400. The lowest BCUT2D eigenvalue weighted by Gasteiger charge is -2.22. The van der Waals surface area contributed by atoms with Gasteiger partial charge in [-0.15, -0.1) is 0 Å². The quantitative estimate of drug-likeness (QED) is 0.831. The average Bonchev–Trinajstić information content (AvgIpc) is 2.95. The van der Waals surface area contributed by atoms with Crippen LogP contribution in [0.2, 0.25) is 0 Å². The van der Waals surface area contributed by atoms with E-state index >= 15 is 0 Å². The van der Waals surface area contributed by atoms with Gasteiger partial charge in [-0.1, -0.05) is 23.4 Å². The molecule has 6 heteroatoms. The lowest BCUT2D eigenvalue weighted by molar-refractivity contribution is -0.122. The number of para-hydroxylation sites is 1. The second-order valence-corrected chi connectivity index (χ2v) is 5.01. The molecule has 6 nitrogen and oxygen atoms in total. The Morgan fingerprint density at radius 3 is 3.14 bits per heavy atom. The van der Waals surface area contributed by atoms with Gasteiger partial charge in [0, 0.05) is 7.11 Å². The van der Waals surface area contributed by atoms with Gasteiger partial charge in [-0.3, -0.25) is 4.79 Å². The predicted molar refractivity (Wildman–Crippen MR) is 73.3 cm³/mol. The minimum absolute atomic E-state index is 0.0509. The first kappa shape index (κ1) is 13.8. The Labute approximate surface area is 122 Å². The van der Waals surface area contributed by atoms with E-state index in [-0.39, 0.29) is 24.7 Å². The molecule has 0 saturated carbocycles. The summed E-state index contributed by atoms with van der Waals surface area (Å²) in [5.74, 6) is 1.79. The van der Waals surface area contributed by atoms with Crippen molar-refractivity contribution in [3.8, 4) is 5.75 Å². The number of carbonyl (C=O) groups excluding carboxylic acids is 1. The topological polar surface area (TPSA) is 74.5 Å². The first-order valence-corrected chi connectivity index (χ1v) is 6.80. The average molecular weight is 288 g/mol. The molecule has 1 aliphatic heterocycles. The molecular formula is C15H16N2O4. The van der Waals surface area contributed by atoms with Crippen molar-refractivity contribution in [1.82, 2.24) is 10.1 Å². The molecule has 0 saturated heterocycles. The molecule has 0 fully saturated rings. The van der Waals surface area contributed by atoms with Crippen LogP contribution in [-0.2, 0) is 22.4 Å². The summed E-state index contributed by atoms with van der Waals surface area (Å²) >= 11 is 0. The summed E-state index contributed by atoms with van der Waals surface area (Å²) in [6, 6.07) is 7.92. The van der Waals surface area contributed by atoms with E-state index in [4.69, 9.17) is 14.0 Å². The molecule has 0 bridgehead atoms. The summed E-state index contributed by atoms with van der Waals surface area (Å²) in [4.78, 5) is 15.8. The van der Waals surface area contributed by atoms with Crippen LogP contribution in [0.5, 0.6) is 5.75 Å². The van der Waals surface area contributed by atoms with Crippen LogP contribution in [0, 0.1) is 0 Å². The largest absolute Gasteiger partial charge is 0.493 e. The van der Waals surface area contributed by atoms with Gasteiger partial charge >= 0.3 is 0 Å². The van der Waals surface area contributed by atoms with E-state index in [0.717, 1.165) is 17.7 Å². The minimum atomic E-state index is -0.0852. The molecule has 2 heterocycles. The Balaban J connectivity index is 1.69. The minimum Gasteiger partial charge on any atom is -0.493 e. The molecule has 1 aromatic heterocycles. The first-order chi connectivity index (χ1) is 10.3. The van der Waals surface area contributed by atoms with Crippen LogP contribution in [0.25, 0.3) is 0 Å². The Kier molecular flexibility index (Phi) is 3.96. The number of nitrogens with zero attached hydrogens (tertiary/aromatic N) is 2. The molecule has 1 unspecified atom stereocenters. The molecule has 3 rings (SSSR count). The number of hydrogen-bond acceptors (Lipinski definition) is 6. The normalized spacial score (nSPS) is 17.1. The third-order valence-corrected chi connectivity index (χ3v) is 3.38. The molecule has 0 N–H and O–H groups in total. The van der Waals surface area contributed by atoms with Gasteiger partial charge in [0.25, 0.3) is 0 Å². The van der Waals surface area contributed by atoms with Gasteiger partial charge in [0.15, 0.2) is 11.6 Å².